The summed E-state index contributed by atoms with van der Waals surface area (Å²) in [6.45, 7) is 2.60. The minimum atomic E-state index is -1.17. The monoisotopic (exact) mass is 424 g/mol. The Hall–Kier alpha value is -3.35. The van der Waals surface area contributed by atoms with Crippen molar-refractivity contribution in [2.75, 3.05) is 20.2 Å². The lowest BCUT2D eigenvalue weighted by Gasteiger charge is -2.23. The van der Waals surface area contributed by atoms with E-state index in [2.05, 4.69) is 5.32 Å². The van der Waals surface area contributed by atoms with Gasteiger partial charge in [-0.2, -0.15) is 0 Å². The van der Waals surface area contributed by atoms with E-state index < -0.39 is 30.4 Å². The van der Waals surface area contributed by atoms with Crippen LogP contribution in [0.2, 0.25) is 0 Å². The molecular weight excluding hydrogens is 396 g/mol. The minimum absolute atomic E-state index is 0.0967. The summed E-state index contributed by atoms with van der Waals surface area (Å²) in [6.07, 6.45) is 0.401. The number of hydrogen-bond acceptors (Lipinski definition) is 4. The summed E-state index contributed by atoms with van der Waals surface area (Å²) in [5.74, 6) is -1.72. The van der Waals surface area contributed by atoms with Gasteiger partial charge in [0.05, 0.1) is 6.42 Å². The Balaban J connectivity index is 1.66. The Kier molecular flexibility index (Phi) is 7.28. The highest BCUT2D eigenvalue weighted by Crippen LogP contribution is 2.44. The molecular formula is C24H28N2O5. The van der Waals surface area contributed by atoms with Crippen LogP contribution in [0.5, 0.6) is 0 Å². The number of carboxylic acid groups (broad SMARTS) is 1. The van der Waals surface area contributed by atoms with Crippen molar-refractivity contribution in [3.63, 3.8) is 0 Å². The van der Waals surface area contributed by atoms with Crippen LogP contribution in [0.3, 0.4) is 0 Å². The van der Waals surface area contributed by atoms with E-state index in [1.807, 2.05) is 55.5 Å². The van der Waals surface area contributed by atoms with Gasteiger partial charge in [0.1, 0.15) is 12.6 Å². The van der Waals surface area contributed by atoms with Crippen molar-refractivity contribution in [1.29, 1.82) is 0 Å². The van der Waals surface area contributed by atoms with E-state index in [0.29, 0.717) is 6.54 Å². The summed E-state index contributed by atoms with van der Waals surface area (Å²) < 4.78 is 5.45. The lowest BCUT2D eigenvalue weighted by atomic mass is 9.98. The third kappa shape index (κ3) is 5.23. The van der Waals surface area contributed by atoms with Crippen LogP contribution in [-0.2, 0) is 14.3 Å². The second-order valence-electron chi connectivity index (χ2n) is 7.73. The van der Waals surface area contributed by atoms with Gasteiger partial charge in [0.25, 0.3) is 0 Å². The smallest absolute Gasteiger partial charge is 0.407 e. The van der Waals surface area contributed by atoms with Gasteiger partial charge in [-0.1, -0.05) is 61.9 Å². The molecule has 2 aromatic carbocycles. The zero-order chi connectivity index (χ0) is 22.4. The maximum absolute atomic E-state index is 12.6. The number of nitrogens with one attached hydrogen (secondary N) is 1. The van der Waals surface area contributed by atoms with E-state index in [1.165, 1.54) is 4.90 Å². The van der Waals surface area contributed by atoms with Gasteiger partial charge in [-0.25, -0.2) is 4.79 Å². The first-order valence-electron chi connectivity index (χ1n) is 10.5. The molecule has 31 heavy (non-hydrogen) atoms. The van der Waals surface area contributed by atoms with Gasteiger partial charge in [0.15, 0.2) is 0 Å². The quantitative estimate of drug-likeness (QED) is 0.641. The topological polar surface area (TPSA) is 95.9 Å². The molecule has 2 aromatic rings. The number of ether oxygens (including phenoxy) is 1. The molecule has 0 unspecified atom stereocenters. The van der Waals surface area contributed by atoms with Crippen LogP contribution >= 0.6 is 0 Å². The molecule has 7 nitrogen and oxygen atoms in total. The molecule has 3 rings (SSSR count). The SMILES string of the molecule is CCCCN(C)C(=O)[C@@H](CC(=O)O)NC(=O)OCC1c2ccccc2-c2ccccc21. The van der Waals surface area contributed by atoms with Gasteiger partial charge in [0, 0.05) is 19.5 Å². The van der Waals surface area contributed by atoms with Crippen molar-refractivity contribution in [3.8, 4) is 11.1 Å². The summed E-state index contributed by atoms with van der Waals surface area (Å²) in [6, 6.07) is 14.8. The minimum Gasteiger partial charge on any atom is -0.481 e. The van der Waals surface area contributed by atoms with Gasteiger partial charge in [0.2, 0.25) is 5.91 Å². The number of amides is 2. The zero-order valence-electron chi connectivity index (χ0n) is 17.8. The normalized spacial score (nSPS) is 13.1. The van der Waals surface area contributed by atoms with Crippen molar-refractivity contribution in [2.24, 2.45) is 0 Å². The third-order valence-corrected chi connectivity index (χ3v) is 5.54. The average molecular weight is 424 g/mol. The molecule has 164 valence electrons. The fourth-order valence-corrected chi connectivity index (χ4v) is 3.93. The summed E-state index contributed by atoms with van der Waals surface area (Å²) >= 11 is 0. The van der Waals surface area contributed by atoms with Crippen LogP contribution < -0.4 is 5.32 Å². The maximum Gasteiger partial charge on any atom is 0.407 e. The van der Waals surface area contributed by atoms with Gasteiger partial charge in [-0.15, -0.1) is 0 Å². The van der Waals surface area contributed by atoms with E-state index >= 15 is 0 Å². The first-order valence-corrected chi connectivity index (χ1v) is 10.5. The Morgan fingerprint density at radius 2 is 1.65 bits per heavy atom. The first-order chi connectivity index (χ1) is 14.9. The zero-order valence-corrected chi connectivity index (χ0v) is 17.8. The predicted molar refractivity (Wildman–Crippen MR) is 117 cm³/mol. The summed E-state index contributed by atoms with van der Waals surface area (Å²) in [4.78, 5) is 37.7. The van der Waals surface area contributed by atoms with Crippen molar-refractivity contribution < 1.29 is 24.2 Å². The van der Waals surface area contributed by atoms with Gasteiger partial charge >= 0.3 is 12.1 Å². The van der Waals surface area contributed by atoms with E-state index in [9.17, 15) is 14.4 Å². The van der Waals surface area contributed by atoms with E-state index in [4.69, 9.17) is 9.84 Å². The highest BCUT2D eigenvalue weighted by molar-refractivity contribution is 5.89. The number of carbonyl (C=O) groups is 3. The van der Waals surface area contributed by atoms with E-state index in [-0.39, 0.29) is 12.5 Å². The lowest BCUT2D eigenvalue weighted by Crippen LogP contribution is -2.48. The lowest BCUT2D eigenvalue weighted by molar-refractivity contribution is -0.142. The Labute approximate surface area is 182 Å². The number of aliphatic carboxylic acids is 1. The van der Waals surface area contributed by atoms with Crippen LogP contribution in [0.25, 0.3) is 11.1 Å². The predicted octanol–water partition coefficient (Wildman–Crippen LogP) is 3.63. The number of likely N-dealkylation sites (N-methyl/N-ethyl adjacent to an activating group) is 1. The molecule has 0 bridgehead atoms. The van der Waals surface area contributed by atoms with Crippen LogP contribution in [0, 0.1) is 0 Å². The molecule has 0 aliphatic heterocycles. The van der Waals surface area contributed by atoms with Crippen molar-refractivity contribution in [1.82, 2.24) is 10.2 Å². The molecule has 7 heteroatoms. The summed E-state index contributed by atoms with van der Waals surface area (Å²) in [7, 11) is 1.60. The van der Waals surface area contributed by atoms with Crippen molar-refractivity contribution >= 4 is 18.0 Å². The molecule has 0 heterocycles. The highest BCUT2D eigenvalue weighted by Gasteiger charge is 2.30. The second-order valence-corrected chi connectivity index (χ2v) is 7.73. The number of rotatable bonds is 9. The number of benzene rings is 2. The maximum atomic E-state index is 12.6. The van der Waals surface area contributed by atoms with E-state index in [1.54, 1.807) is 7.05 Å². The Morgan fingerprint density at radius 3 is 2.19 bits per heavy atom. The molecule has 1 atom stereocenters. The number of unbranched alkanes of at least 4 members (excludes halogenated alkanes) is 1. The standard InChI is InChI=1S/C24H28N2O5/c1-3-4-13-26(2)23(29)21(14-22(27)28)25-24(30)31-15-20-18-11-7-5-9-16(18)17-10-6-8-12-19(17)20/h5-12,20-21H,3-4,13-15H2,1-2H3,(H,25,30)(H,27,28)/t21-/m1/s1. The second kappa shape index (κ2) is 10.1. The molecule has 0 saturated carbocycles. The molecule has 1 aliphatic rings. The molecule has 1 aliphatic carbocycles. The molecule has 0 saturated heterocycles. The molecule has 0 aromatic heterocycles. The molecule has 0 spiro atoms. The van der Waals surface area contributed by atoms with Gasteiger partial charge < -0.3 is 20.1 Å². The molecule has 0 radical (unpaired) electrons. The number of nitrogens with zero attached hydrogens (tertiary/aromatic N) is 1. The molecule has 2 N–H and O–H groups in total. The van der Waals surface area contributed by atoms with Gasteiger partial charge in [-0.05, 0) is 28.7 Å². The number of carbonyl (C=O) groups excluding carboxylic acids is 2. The van der Waals surface area contributed by atoms with E-state index in [0.717, 1.165) is 35.1 Å². The third-order valence-electron chi connectivity index (χ3n) is 5.54. The Bertz CT molecular complexity index is 913. The first kappa shape index (κ1) is 22.3. The Morgan fingerprint density at radius 1 is 1.06 bits per heavy atom. The number of hydrogen-bond donors (Lipinski definition) is 2. The van der Waals surface area contributed by atoms with Crippen LogP contribution in [0.15, 0.2) is 48.5 Å². The average Bonchev–Trinajstić information content (AvgIpc) is 3.08. The van der Waals surface area contributed by atoms with Crippen molar-refractivity contribution in [2.45, 2.75) is 38.1 Å². The van der Waals surface area contributed by atoms with Crippen molar-refractivity contribution in [3.05, 3.63) is 59.7 Å². The summed E-state index contributed by atoms with van der Waals surface area (Å²) in [5, 5.41) is 11.6. The number of carboxylic acids is 1. The highest BCUT2D eigenvalue weighted by atomic mass is 16.5. The largest absolute Gasteiger partial charge is 0.481 e. The fraction of sp³-hybridized carbons (Fsp3) is 0.375. The number of alkyl carbamates (subject to hydrolysis) is 1. The molecule has 2 amide bonds. The van der Waals surface area contributed by atoms with Gasteiger partial charge in [-0.3, -0.25) is 9.59 Å². The molecule has 0 fully saturated rings. The van der Waals surface area contributed by atoms with Crippen LogP contribution in [0.4, 0.5) is 4.79 Å². The summed E-state index contributed by atoms with van der Waals surface area (Å²) in [5.41, 5.74) is 4.38. The fourth-order valence-electron chi connectivity index (χ4n) is 3.93. The van der Waals surface area contributed by atoms with Crippen LogP contribution in [-0.4, -0.2) is 54.2 Å². The van der Waals surface area contributed by atoms with Crippen LogP contribution in [0.1, 0.15) is 43.2 Å². The number of fused-ring (bicyclic) bond motifs is 3.